The molecule has 25 heavy (non-hydrogen) atoms. The molecule has 1 fully saturated rings. The Bertz CT molecular complexity index is 675. The largest absolute Gasteiger partial charge is 0.0917 e. The molecule has 0 nitrogen and oxygen atoms in total. The fraction of sp³-hybridized carbons (Fsp3) is 0.391. The molecular weight excluding hydrogens is 530 g/mol. The van der Waals surface area contributed by atoms with Crippen molar-refractivity contribution in [3.8, 4) is 11.1 Å². The summed E-state index contributed by atoms with van der Waals surface area (Å²) in [5, 5.41) is 0. The van der Waals surface area contributed by atoms with Gasteiger partial charge in [0.1, 0.15) is 0 Å². The van der Waals surface area contributed by atoms with E-state index in [2.05, 4.69) is 113 Å². The number of alkyl halides is 2. The van der Waals surface area contributed by atoms with Crippen LogP contribution in [0.15, 0.2) is 60.7 Å². The molecule has 0 aliphatic heterocycles. The molecule has 0 aromatic heterocycles. The van der Waals surface area contributed by atoms with Gasteiger partial charge in [-0.1, -0.05) is 106 Å². The van der Waals surface area contributed by atoms with Gasteiger partial charge in [-0.05, 0) is 73.1 Å². The average molecular weight is 556 g/mol. The zero-order chi connectivity index (χ0) is 17.6. The van der Waals surface area contributed by atoms with Crippen LogP contribution in [0, 0.1) is 5.92 Å². The van der Waals surface area contributed by atoms with Gasteiger partial charge in [-0.3, -0.25) is 0 Å². The summed E-state index contributed by atoms with van der Waals surface area (Å²) in [5.41, 5.74) is 5.56. The molecule has 0 atom stereocenters. The molecule has 1 saturated carbocycles. The maximum Gasteiger partial charge on any atom is 0.0874 e. The SMILES string of the molecule is CC=CCC1CCC(c2ccc(-c3ccc(C(I)I)cc3)cc2)CC1. The summed E-state index contributed by atoms with van der Waals surface area (Å²) in [6, 6.07) is 18.3. The van der Waals surface area contributed by atoms with Crippen LogP contribution in [0.3, 0.4) is 0 Å². The van der Waals surface area contributed by atoms with Gasteiger partial charge in [0.15, 0.2) is 0 Å². The van der Waals surface area contributed by atoms with Crippen molar-refractivity contribution in [3.63, 3.8) is 0 Å². The molecule has 0 spiro atoms. The van der Waals surface area contributed by atoms with Crippen LogP contribution in [0.4, 0.5) is 0 Å². The molecular formula is C23H26I2. The van der Waals surface area contributed by atoms with E-state index in [1.807, 2.05) is 0 Å². The predicted octanol–water partition coefficient (Wildman–Crippen LogP) is 8.46. The molecule has 2 heteroatoms. The molecule has 1 aliphatic carbocycles. The number of allylic oxidation sites excluding steroid dienone is 2. The van der Waals surface area contributed by atoms with Gasteiger partial charge in [0.05, 0.1) is 1.93 Å². The lowest BCUT2D eigenvalue weighted by molar-refractivity contribution is 0.328. The van der Waals surface area contributed by atoms with E-state index < -0.39 is 0 Å². The molecule has 0 radical (unpaired) electrons. The normalized spacial score (nSPS) is 21.1. The van der Waals surface area contributed by atoms with Crippen molar-refractivity contribution in [2.24, 2.45) is 5.92 Å². The minimum Gasteiger partial charge on any atom is -0.0917 e. The van der Waals surface area contributed by atoms with Gasteiger partial charge in [-0.2, -0.15) is 0 Å². The van der Waals surface area contributed by atoms with Crippen LogP contribution >= 0.6 is 45.2 Å². The topological polar surface area (TPSA) is 0 Å². The van der Waals surface area contributed by atoms with Crippen molar-refractivity contribution < 1.29 is 0 Å². The lowest BCUT2D eigenvalue weighted by Gasteiger charge is -2.28. The van der Waals surface area contributed by atoms with Crippen LogP contribution in [0.2, 0.25) is 0 Å². The van der Waals surface area contributed by atoms with Gasteiger partial charge in [0.2, 0.25) is 0 Å². The van der Waals surface area contributed by atoms with Crippen LogP contribution in [0.25, 0.3) is 11.1 Å². The third-order valence-electron chi connectivity index (χ3n) is 5.43. The number of hydrogen-bond donors (Lipinski definition) is 0. The Morgan fingerprint density at radius 2 is 1.44 bits per heavy atom. The Hall–Kier alpha value is -0.360. The first-order valence-corrected chi connectivity index (χ1v) is 11.8. The van der Waals surface area contributed by atoms with E-state index in [4.69, 9.17) is 0 Å². The molecule has 2 aromatic rings. The van der Waals surface area contributed by atoms with Gasteiger partial charge >= 0.3 is 0 Å². The quantitative estimate of drug-likeness (QED) is 0.197. The fourth-order valence-corrected chi connectivity index (χ4v) is 4.66. The highest BCUT2D eigenvalue weighted by atomic mass is 127. The van der Waals surface area contributed by atoms with Crippen molar-refractivity contribution in [2.45, 2.75) is 46.9 Å². The monoisotopic (exact) mass is 556 g/mol. The number of halogens is 2. The van der Waals surface area contributed by atoms with Crippen LogP contribution in [-0.2, 0) is 0 Å². The van der Waals surface area contributed by atoms with Crippen LogP contribution in [0.1, 0.15) is 58.0 Å². The Morgan fingerprint density at radius 3 is 1.96 bits per heavy atom. The van der Waals surface area contributed by atoms with Crippen LogP contribution < -0.4 is 0 Å². The minimum atomic E-state index is 0.537. The average Bonchev–Trinajstić information content (AvgIpc) is 2.67. The van der Waals surface area contributed by atoms with Gasteiger partial charge in [-0.15, -0.1) is 0 Å². The van der Waals surface area contributed by atoms with Gasteiger partial charge < -0.3 is 0 Å². The summed E-state index contributed by atoms with van der Waals surface area (Å²) in [7, 11) is 0. The lowest BCUT2D eigenvalue weighted by Crippen LogP contribution is -2.12. The number of benzene rings is 2. The second-order valence-corrected chi connectivity index (χ2v) is 11.9. The molecule has 3 rings (SSSR count). The smallest absolute Gasteiger partial charge is 0.0874 e. The second kappa shape index (κ2) is 9.54. The standard InChI is InChI=1S/C23H26I2/c1-2-3-4-17-5-7-18(8-6-17)19-9-11-20(12-10-19)21-13-15-22(16-14-21)23(24)25/h2-3,9-18,23H,4-8H2,1H3. The summed E-state index contributed by atoms with van der Waals surface area (Å²) in [6.07, 6.45) is 11.3. The third-order valence-corrected chi connectivity index (χ3v) is 6.87. The van der Waals surface area contributed by atoms with Crippen molar-refractivity contribution in [2.75, 3.05) is 0 Å². The molecule has 0 unspecified atom stereocenters. The molecule has 0 bridgehead atoms. The highest BCUT2D eigenvalue weighted by Crippen LogP contribution is 2.38. The van der Waals surface area contributed by atoms with Crippen LogP contribution in [0.5, 0.6) is 0 Å². The van der Waals surface area contributed by atoms with Crippen molar-refractivity contribution >= 4 is 45.2 Å². The molecule has 2 aromatic carbocycles. The van der Waals surface area contributed by atoms with Gasteiger partial charge in [0.25, 0.3) is 0 Å². The Labute approximate surface area is 179 Å². The predicted molar refractivity (Wildman–Crippen MR) is 127 cm³/mol. The molecule has 0 N–H and O–H groups in total. The van der Waals surface area contributed by atoms with E-state index >= 15 is 0 Å². The Balaban J connectivity index is 1.63. The first-order chi connectivity index (χ1) is 12.2. The summed E-state index contributed by atoms with van der Waals surface area (Å²) in [4.78, 5) is 0. The van der Waals surface area contributed by atoms with E-state index in [1.165, 1.54) is 54.4 Å². The Morgan fingerprint density at radius 1 is 0.880 bits per heavy atom. The Kier molecular flexibility index (Phi) is 7.40. The maximum atomic E-state index is 2.46. The zero-order valence-electron chi connectivity index (χ0n) is 14.8. The molecule has 0 amide bonds. The first-order valence-electron chi connectivity index (χ1n) is 9.27. The minimum absolute atomic E-state index is 0.537. The van der Waals surface area contributed by atoms with Crippen molar-refractivity contribution in [1.82, 2.24) is 0 Å². The first kappa shape index (κ1) is 19.4. The van der Waals surface area contributed by atoms with E-state index in [0.717, 1.165) is 11.8 Å². The lowest BCUT2D eigenvalue weighted by atomic mass is 9.77. The summed E-state index contributed by atoms with van der Waals surface area (Å²) >= 11 is 4.91. The van der Waals surface area contributed by atoms with Gasteiger partial charge in [0, 0.05) is 0 Å². The molecule has 0 saturated heterocycles. The van der Waals surface area contributed by atoms with Gasteiger partial charge in [-0.25, -0.2) is 0 Å². The summed E-state index contributed by atoms with van der Waals surface area (Å²) in [6.45, 7) is 2.13. The summed E-state index contributed by atoms with van der Waals surface area (Å²) in [5.74, 6) is 1.67. The molecule has 0 heterocycles. The zero-order valence-corrected chi connectivity index (χ0v) is 19.1. The third kappa shape index (κ3) is 5.31. The number of rotatable bonds is 5. The molecule has 1 aliphatic rings. The summed E-state index contributed by atoms with van der Waals surface area (Å²) < 4.78 is 0.537. The van der Waals surface area contributed by atoms with E-state index in [1.54, 1.807) is 0 Å². The maximum absolute atomic E-state index is 2.46. The fourth-order valence-electron chi connectivity index (χ4n) is 3.83. The van der Waals surface area contributed by atoms with E-state index in [0.29, 0.717) is 1.93 Å². The highest BCUT2D eigenvalue weighted by Gasteiger charge is 2.21. The van der Waals surface area contributed by atoms with Crippen molar-refractivity contribution in [3.05, 3.63) is 71.8 Å². The van der Waals surface area contributed by atoms with Crippen molar-refractivity contribution in [1.29, 1.82) is 0 Å². The van der Waals surface area contributed by atoms with E-state index in [9.17, 15) is 0 Å². The van der Waals surface area contributed by atoms with Crippen LogP contribution in [-0.4, -0.2) is 0 Å². The highest BCUT2D eigenvalue weighted by molar-refractivity contribution is 14.2. The van der Waals surface area contributed by atoms with E-state index in [-0.39, 0.29) is 0 Å². The molecule has 132 valence electrons. The number of hydrogen-bond acceptors (Lipinski definition) is 0. The second-order valence-electron chi connectivity index (χ2n) is 7.07.